The third-order valence-electron chi connectivity index (χ3n) is 19.8. The second-order valence-electron chi connectivity index (χ2n) is 30.7. The van der Waals surface area contributed by atoms with E-state index in [0.29, 0.717) is 25.7 Å². The summed E-state index contributed by atoms with van der Waals surface area (Å²) in [6, 6.07) is 0. The summed E-state index contributed by atoms with van der Waals surface area (Å²) in [5.41, 5.74) is 0. The number of aliphatic hydroxyl groups is 1. The van der Waals surface area contributed by atoms with E-state index in [4.69, 9.17) is 37.0 Å². The Hall–Kier alpha value is -1.94. The van der Waals surface area contributed by atoms with Crippen LogP contribution in [0.5, 0.6) is 0 Å². The minimum Gasteiger partial charge on any atom is -0.462 e. The Morgan fingerprint density at radius 1 is 0.262 bits per heavy atom. The van der Waals surface area contributed by atoms with Crippen molar-refractivity contribution in [2.45, 2.75) is 470 Å². The van der Waals surface area contributed by atoms with Gasteiger partial charge in [-0.2, -0.15) is 0 Å². The molecule has 0 aliphatic heterocycles. The highest BCUT2D eigenvalue weighted by Crippen LogP contribution is 2.45. The summed E-state index contributed by atoms with van der Waals surface area (Å²) in [6.45, 7) is 7.34. The minimum absolute atomic E-state index is 0.108. The number of phosphoric ester groups is 2. The predicted octanol–water partition coefficient (Wildman–Crippen LogP) is 25.6. The number of hydrogen-bond acceptors (Lipinski definition) is 15. The van der Waals surface area contributed by atoms with Crippen LogP contribution in [0.15, 0.2) is 0 Å². The molecule has 0 aromatic rings. The van der Waals surface area contributed by atoms with E-state index in [0.717, 1.165) is 109 Å². The van der Waals surface area contributed by atoms with Gasteiger partial charge in [-0.3, -0.25) is 37.3 Å². The lowest BCUT2D eigenvalue weighted by molar-refractivity contribution is -0.161. The fraction of sp³-hybridized carbons (Fsp3) is 0.952. The molecule has 0 rings (SSSR count). The SMILES string of the molecule is CCCCCCCCCCCCCCCCCCCCCCCCC(=O)O[C@H](COC(=O)CCCCCCCCCCCCCCCCCC(C)C)COP(=O)(O)OC[C@@H](O)COP(=O)(O)OC[C@@H](COC(=O)CCCCCCCCC)OC(=O)CCCCCCCCCCCCCCCCCC. The molecule has 0 amide bonds. The zero-order valence-electron chi connectivity index (χ0n) is 67.5. The fourth-order valence-electron chi connectivity index (χ4n) is 13.1. The van der Waals surface area contributed by atoms with Gasteiger partial charge in [0.25, 0.3) is 0 Å². The molecule has 0 aromatic carbocycles. The van der Waals surface area contributed by atoms with Crippen molar-refractivity contribution in [1.82, 2.24) is 0 Å². The second-order valence-corrected chi connectivity index (χ2v) is 33.6. The summed E-state index contributed by atoms with van der Waals surface area (Å²) in [4.78, 5) is 73.0. The van der Waals surface area contributed by atoms with Gasteiger partial charge in [0, 0.05) is 25.7 Å². The summed E-state index contributed by atoms with van der Waals surface area (Å²) >= 11 is 0. The molecule has 0 aliphatic carbocycles. The molecule has 0 spiro atoms. The van der Waals surface area contributed by atoms with E-state index in [9.17, 15) is 43.2 Å². The van der Waals surface area contributed by atoms with Gasteiger partial charge >= 0.3 is 39.5 Å². The Kier molecular flexibility index (Phi) is 75.4. The summed E-state index contributed by atoms with van der Waals surface area (Å²) < 4.78 is 68.7. The van der Waals surface area contributed by atoms with Gasteiger partial charge in [0.2, 0.25) is 0 Å². The van der Waals surface area contributed by atoms with Crippen LogP contribution in [0.2, 0.25) is 0 Å². The van der Waals surface area contributed by atoms with Crippen LogP contribution >= 0.6 is 15.6 Å². The lowest BCUT2D eigenvalue weighted by Crippen LogP contribution is -2.30. The molecular weight excluding hydrogens is 1340 g/mol. The van der Waals surface area contributed by atoms with Gasteiger partial charge in [0.05, 0.1) is 26.4 Å². The van der Waals surface area contributed by atoms with Crippen LogP contribution < -0.4 is 0 Å². The molecule has 0 heterocycles. The predicted molar refractivity (Wildman–Crippen MR) is 423 cm³/mol. The molecule has 2 unspecified atom stereocenters. The van der Waals surface area contributed by atoms with Gasteiger partial charge in [0.1, 0.15) is 19.3 Å². The third kappa shape index (κ3) is 78.0. The standard InChI is InChI=1S/C84H164O17P2/c1-6-9-12-15-18-20-22-24-26-28-29-30-31-32-33-37-42-46-50-55-60-65-70-84(89)101-80(74-95-82(87)68-63-58-53-48-44-40-38-34-35-39-43-47-52-56-61-66-77(4)5)76-99-103(92,93)97-72-78(85)71-96-102(90,91)98-75-79(73-94-81(86)67-62-57-51-17-14-11-8-3)100-83(88)69-64-59-54-49-45-41-36-27-25-23-21-19-16-13-10-7-2/h77-80,85H,6-76H2,1-5H3,(H,90,91)(H,92,93)/t78-,79+,80+/m0/s1. The number of phosphoric acid groups is 2. The minimum atomic E-state index is -4.96. The molecule has 19 heteroatoms. The number of carbonyl (C=O) groups is 4. The Morgan fingerprint density at radius 3 is 0.660 bits per heavy atom. The average molecular weight is 1510 g/mol. The van der Waals surface area contributed by atoms with E-state index >= 15 is 0 Å². The van der Waals surface area contributed by atoms with Gasteiger partial charge in [-0.25, -0.2) is 9.13 Å². The number of rotatable bonds is 84. The number of unbranched alkanes of at least 4 members (excludes halogenated alkanes) is 56. The number of carbonyl (C=O) groups excluding carboxylic acids is 4. The molecule has 0 aliphatic rings. The van der Waals surface area contributed by atoms with Crippen LogP contribution in [0.1, 0.15) is 452 Å². The Balaban J connectivity index is 5.16. The lowest BCUT2D eigenvalue weighted by Gasteiger charge is -2.21. The first kappa shape index (κ1) is 101. The lowest BCUT2D eigenvalue weighted by atomic mass is 10.0. The fourth-order valence-corrected chi connectivity index (χ4v) is 14.7. The van der Waals surface area contributed by atoms with Crippen molar-refractivity contribution in [3.05, 3.63) is 0 Å². The first-order valence-corrected chi connectivity index (χ1v) is 46.6. The van der Waals surface area contributed by atoms with E-state index in [1.165, 1.54) is 263 Å². The van der Waals surface area contributed by atoms with E-state index in [1.807, 2.05) is 0 Å². The van der Waals surface area contributed by atoms with Crippen LogP contribution in [0.4, 0.5) is 0 Å². The van der Waals surface area contributed by atoms with Crippen LogP contribution in [0, 0.1) is 5.92 Å². The molecule has 17 nitrogen and oxygen atoms in total. The van der Waals surface area contributed by atoms with E-state index < -0.39 is 97.5 Å². The molecule has 0 radical (unpaired) electrons. The summed E-state index contributed by atoms with van der Waals surface area (Å²) in [7, 11) is -9.92. The molecule has 0 saturated heterocycles. The second kappa shape index (κ2) is 76.8. The van der Waals surface area contributed by atoms with Crippen molar-refractivity contribution >= 4 is 39.5 Å². The summed E-state index contributed by atoms with van der Waals surface area (Å²) in [6.07, 6.45) is 69.7. The van der Waals surface area contributed by atoms with Crippen molar-refractivity contribution in [2.24, 2.45) is 5.92 Å². The molecule has 103 heavy (non-hydrogen) atoms. The van der Waals surface area contributed by atoms with Crippen molar-refractivity contribution in [2.75, 3.05) is 39.6 Å². The largest absolute Gasteiger partial charge is 0.472 e. The first-order valence-electron chi connectivity index (χ1n) is 43.6. The Labute approximate surface area is 632 Å². The van der Waals surface area contributed by atoms with Crippen LogP contribution in [0.3, 0.4) is 0 Å². The van der Waals surface area contributed by atoms with E-state index in [2.05, 4.69) is 34.6 Å². The van der Waals surface area contributed by atoms with Crippen LogP contribution in [-0.2, 0) is 65.4 Å². The zero-order chi connectivity index (χ0) is 75.5. The quantitative estimate of drug-likeness (QED) is 0.0222. The highest BCUT2D eigenvalue weighted by Gasteiger charge is 2.30. The van der Waals surface area contributed by atoms with Crippen LogP contribution in [0.25, 0.3) is 0 Å². The molecule has 0 saturated carbocycles. The normalized spacial score (nSPS) is 13.8. The van der Waals surface area contributed by atoms with Crippen LogP contribution in [-0.4, -0.2) is 96.7 Å². The molecule has 0 fully saturated rings. The van der Waals surface area contributed by atoms with Gasteiger partial charge in [0.15, 0.2) is 12.2 Å². The Morgan fingerprint density at radius 2 is 0.447 bits per heavy atom. The van der Waals surface area contributed by atoms with Crippen molar-refractivity contribution in [3.8, 4) is 0 Å². The first-order chi connectivity index (χ1) is 50.0. The highest BCUT2D eigenvalue weighted by atomic mass is 31.2. The van der Waals surface area contributed by atoms with E-state index in [-0.39, 0.29) is 25.7 Å². The summed E-state index contributed by atoms with van der Waals surface area (Å²) in [5.74, 6) is -1.30. The highest BCUT2D eigenvalue weighted by molar-refractivity contribution is 7.47. The maximum atomic E-state index is 13.1. The average Bonchev–Trinajstić information content (AvgIpc) is 1.11. The van der Waals surface area contributed by atoms with Gasteiger partial charge < -0.3 is 33.8 Å². The van der Waals surface area contributed by atoms with Crippen molar-refractivity contribution in [1.29, 1.82) is 0 Å². The monoisotopic (exact) mass is 1510 g/mol. The smallest absolute Gasteiger partial charge is 0.462 e. The number of hydrogen-bond donors (Lipinski definition) is 3. The Bertz CT molecular complexity index is 1960. The van der Waals surface area contributed by atoms with E-state index in [1.54, 1.807) is 0 Å². The number of ether oxygens (including phenoxy) is 4. The van der Waals surface area contributed by atoms with Gasteiger partial charge in [-0.1, -0.05) is 401 Å². The zero-order valence-corrected chi connectivity index (χ0v) is 69.3. The molecule has 612 valence electrons. The maximum Gasteiger partial charge on any atom is 0.472 e. The molecule has 5 atom stereocenters. The number of esters is 4. The molecular formula is C84H164O17P2. The van der Waals surface area contributed by atoms with Crippen molar-refractivity contribution < 1.29 is 80.2 Å². The van der Waals surface area contributed by atoms with Gasteiger partial charge in [-0.05, 0) is 31.6 Å². The number of aliphatic hydroxyl groups excluding tert-OH is 1. The summed E-state index contributed by atoms with van der Waals surface area (Å²) in [5, 5.41) is 10.6. The van der Waals surface area contributed by atoms with Gasteiger partial charge in [-0.15, -0.1) is 0 Å². The molecule has 0 aromatic heterocycles. The van der Waals surface area contributed by atoms with Crippen molar-refractivity contribution in [3.63, 3.8) is 0 Å². The topological polar surface area (TPSA) is 237 Å². The third-order valence-corrected chi connectivity index (χ3v) is 21.7. The molecule has 3 N–H and O–H groups in total. The maximum absolute atomic E-state index is 13.1. The molecule has 0 bridgehead atoms.